The molecule has 1 saturated heterocycles. The van der Waals surface area contributed by atoms with Crippen molar-refractivity contribution >= 4 is 15.9 Å². The zero-order valence-corrected chi connectivity index (χ0v) is 19.3. The highest BCUT2D eigenvalue weighted by molar-refractivity contribution is 7.89. The SMILES string of the molecule is COc1ccc(C(=O)N2CCN(S(=O)(=O)c3cc(C)c(C)cc3OC)CC2)cc1OC. The summed E-state index contributed by atoms with van der Waals surface area (Å²) in [7, 11) is 0.760. The fourth-order valence-electron chi connectivity index (χ4n) is 3.55. The minimum Gasteiger partial charge on any atom is -0.495 e. The summed E-state index contributed by atoms with van der Waals surface area (Å²) in [6.45, 7) is 4.77. The van der Waals surface area contributed by atoms with Gasteiger partial charge in [0.15, 0.2) is 11.5 Å². The molecule has 1 heterocycles. The minimum absolute atomic E-state index is 0.151. The van der Waals surface area contributed by atoms with Gasteiger partial charge in [-0.3, -0.25) is 4.79 Å². The van der Waals surface area contributed by atoms with Crippen LogP contribution in [-0.4, -0.2) is 71.0 Å². The third kappa shape index (κ3) is 4.47. The molecule has 1 aliphatic rings. The number of carbonyl (C=O) groups excluding carboxylic acids is 1. The normalized spacial score (nSPS) is 14.9. The van der Waals surface area contributed by atoms with E-state index < -0.39 is 10.0 Å². The number of ether oxygens (including phenoxy) is 3. The summed E-state index contributed by atoms with van der Waals surface area (Å²) in [4.78, 5) is 14.7. The van der Waals surface area contributed by atoms with Gasteiger partial charge in [-0.1, -0.05) is 0 Å². The van der Waals surface area contributed by atoms with Crippen LogP contribution in [-0.2, 0) is 10.0 Å². The van der Waals surface area contributed by atoms with Crippen molar-refractivity contribution in [2.24, 2.45) is 0 Å². The lowest BCUT2D eigenvalue weighted by atomic mass is 10.1. The van der Waals surface area contributed by atoms with Crippen molar-refractivity contribution in [3.05, 3.63) is 47.0 Å². The average molecular weight is 449 g/mol. The Kier molecular flexibility index (Phi) is 6.76. The monoisotopic (exact) mass is 448 g/mol. The molecule has 3 rings (SSSR count). The van der Waals surface area contributed by atoms with E-state index in [4.69, 9.17) is 14.2 Å². The predicted octanol–water partition coefficient (Wildman–Crippen LogP) is 2.48. The van der Waals surface area contributed by atoms with Gasteiger partial charge in [0.2, 0.25) is 10.0 Å². The van der Waals surface area contributed by atoms with E-state index in [1.807, 2.05) is 13.8 Å². The molecule has 1 amide bonds. The zero-order chi connectivity index (χ0) is 22.8. The number of benzene rings is 2. The smallest absolute Gasteiger partial charge is 0.254 e. The van der Waals surface area contributed by atoms with E-state index in [1.165, 1.54) is 25.6 Å². The highest BCUT2D eigenvalue weighted by atomic mass is 32.2. The van der Waals surface area contributed by atoms with Gasteiger partial charge in [0.25, 0.3) is 5.91 Å². The van der Waals surface area contributed by atoms with Crippen LogP contribution in [0.25, 0.3) is 0 Å². The van der Waals surface area contributed by atoms with Crippen LogP contribution < -0.4 is 14.2 Å². The van der Waals surface area contributed by atoms with Crippen LogP contribution in [0.15, 0.2) is 35.2 Å². The third-order valence-corrected chi connectivity index (χ3v) is 7.47. The Bertz CT molecular complexity index is 1080. The summed E-state index contributed by atoms with van der Waals surface area (Å²) in [6.07, 6.45) is 0. The number of carbonyl (C=O) groups is 1. The van der Waals surface area contributed by atoms with Crippen LogP contribution >= 0.6 is 0 Å². The summed E-state index contributed by atoms with van der Waals surface area (Å²) in [5.41, 5.74) is 2.30. The maximum atomic E-state index is 13.2. The number of sulfonamides is 1. The molecule has 0 aromatic heterocycles. The summed E-state index contributed by atoms with van der Waals surface area (Å²) in [5.74, 6) is 1.15. The summed E-state index contributed by atoms with van der Waals surface area (Å²) < 4.78 is 43.7. The molecule has 0 aliphatic carbocycles. The van der Waals surface area contributed by atoms with E-state index in [0.29, 0.717) is 35.9 Å². The second-order valence-corrected chi connectivity index (χ2v) is 9.26. The van der Waals surface area contributed by atoms with Gasteiger partial charge in [-0.15, -0.1) is 0 Å². The van der Waals surface area contributed by atoms with E-state index in [-0.39, 0.29) is 23.9 Å². The number of piperazine rings is 1. The molecule has 0 spiro atoms. The Labute approximate surface area is 183 Å². The van der Waals surface area contributed by atoms with Gasteiger partial charge in [-0.25, -0.2) is 8.42 Å². The summed E-state index contributed by atoms with van der Waals surface area (Å²) >= 11 is 0. The Morgan fingerprint density at radius 3 is 1.97 bits per heavy atom. The highest BCUT2D eigenvalue weighted by Gasteiger charge is 2.33. The fraction of sp³-hybridized carbons (Fsp3) is 0.409. The lowest BCUT2D eigenvalue weighted by Gasteiger charge is -2.34. The molecule has 2 aromatic carbocycles. The van der Waals surface area contributed by atoms with E-state index in [1.54, 1.807) is 35.2 Å². The van der Waals surface area contributed by atoms with Crippen LogP contribution in [0, 0.1) is 13.8 Å². The second kappa shape index (κ2) is 9.15. The maximum absolute atomic E-state index is 13.2. The zero-order valence-electron chi connectivity index (χ0n) is 18.5. The third-order valence-electron chi connectivity index (χ3n) is 5.55. The van der Waals surface area contributed by atoms with Gasteiger partial charge in [-0.2, -0.15) is 4.31 Å². The molecule has 0 unspecified atom stereocenters. The van der Waals surface area contributed by atoms with Crippen LogP contribution in [0.2, 0.25) is 0 Å². The van der Waals surface area contributed by atoms with Crippen molar-refractivity contribution in [1.82, 2.24) is 9.21 Å². The summed E-state index contributed by atoms with van der Waals surface area (Å²) in [6, 6.07) is 8.36. The van der Waals surface area contributed by atoms with E-state index in [2.05, 4.69) is 0 Å². The van der Waals surface area contributed by atoms with Crippen molar-refractivity contribution in [3.63, 3.8) is 0 Å². The topological polar surface area (TPSA) is 85.4 Å². The molecule has 1 fully saturated rings. The largest absolute Gasteiger partial charge is 0.495 e. The second-order valence-electron chi connectivity index (χ2n) is 7.35. The molecule has 9 heteroatoms. The van der Waals surface area contributed by atoms with Crippen molar-refractivity contribution in [3.8, 4) is 17.2 Å². The summed E-state index contributed by atoms with van der Waals surface area (Å²) in [5, 5.41) is 0. The molecule has 1 aliphatic heterocycles. The molecular formula is C22H28N2O6S. The minimum atomic E-state index is -3.74. The van der Waals surface area contributed by atoms with Crippen LogP contribution in [0.5, 0.6) is 17.2 Å². The molecule has 0 radical (unpaired) electrons. The van der Waals surface area contributed by atoms with Crippen molar-refractivity contribution < 1.29 is 27.4 Å². The number of rotatable bonds is 6. The predicted molar refractivity (Wildman–Crippen MR) is 117 cm³/mol. The first-order valence-electron chi connectivity index (χ1n) is 9.89. The van der Waals surface area contributed by atoms with Crippen LogP contribution in [0.4, 0.5) is 0 Å². The number of hydrogen-bond acceptors (Lipinski definition) is 6. The number of hydrogen-bond donors (Lipinski definition) is 0. The number of nitrogens with zero attached hydrogens (tertiary/aromatic N) is 2. The van der Waals surface area contributed by atoms with Gasteiger partial charge >= 0.3 is 0 Å². The number of aryl methyl sites for hydroxylation is 2. The molecular weight excluding hydrogens is 420 g/mol. The Hall–Kier alpha value is -2.78. The Morgan fingerprint density at radius 1 is 0.806 bits per heavy atom. The Morgan fingerprint density at radius 2 is 1.39 bits per heavy atom. The van der Waals surface area contributed by atoms with Gasteiger partial charge < -0.3 is 19.1 Å². The lowest BCUT2D eigenvalue weighted by molar-refractivity contribution is 0.0697. The van der Waals surface area contributed by atoms with Crippen LogP contribution in [0.3, 0.4) is 0 Å². The van der Waals surface area contributed by atoms with Gasteiger partial charge in [0, 0.05) is 31.7 Å². The molecule has 0 bridgehead atoms. The molecule has 0 saturated carbocycles. The van der Waals surface area contributed by atoms with Crippen LogP contribution in [0.1, 0.15) is 21.5 Å². The average Bonchev–Trinajstić information content (AvgIpc) is 2.79. The van der Waals surface area contributed by atoms with Crippen molar-refractivity contribution in [1.29, 1.82) is 0 Å². The standard InChI is InChI=1S/C22H28N2O6S/c1-15-12-20(30-5)21(13-16(15)2)31(26,27)24-10-8-23(9-11-24)22(25)17-6-7-18(28-3)19(14-17)29-4/h6-7,12-14H,8-11H2,1-5H3. The first-order chi connectivity index (χ1) is 14.7. The number of methoxy groups -OCH3 is 3. The quantitative estimate of drug-likeness (QED) is 0.675. The maximum Gasteiger partial charge on any atom is 0.254 e. The lowest BCUT2D eigenvalue weighted by Crippen LogP contribution is -2.50. The molecule has 8 nitrogen and oxygen atoms in total. The van der Waals surface area contributed by atoms with E-state index in [9.17, 15) is 13.2 Å². The first kappa shape index (κ1) is 22.9. The molecule has 168 valence electrons. The van der Waals surface area contributed by atoms with Gasteiger partial charge in [0.05, 0.1) is 21.3 Å². The van der Waals surface area contributed by atoms with E-state index >= 15 is 0 Å². The van der Waals surface area contributed by atoms with E-state index in [0.717, 1.165) is 11.1 Å². The molecule has 0 atom stereocenters. The molecule has 2 aromatic rings. The van der Waals surface area contributed by atoms with Gasteiger partial charge in [0.1, 0.15) is 10.6 Å². The first-order valence-corrected chi connectivity index (χ1v) is 11.3. The van der Waals surface area contributed by atoms with Crippen molar-refractivity contribution in [2.45, 2.75) is 18.7 Å². The highest BCUT2D eigenvalue weighted by Crippen LogP contribution is 2.31. The molecule has 31 heavy (non-hydrogen) atoms. The van der Waals surface area contributed by atoms with Gasteiger partial charge in [-0.05, 0) is 55.3 Å². The Balaban J connectivity index is 1.76. The fourth-order valence-corrected chi connectivity index (χ4v) is 5.19. The van der Waals surface area contributed by atoms with Crippen molar-refractivity contribution in [2.75, 3.05) is 47.5 Å². The number of amides is 1. The molecule has 0 N–H and O–H groups in total.